The van der Waals surface area contributed by atoms with Gasteiger partial charge in [-0.15, -0.1) is 0 Å². The lowest BCUT2D eigenvalue weighted by Crippen LogP contribution is -2.51. The maximum atomic E-state index is 12.9. The molecular formula is C20H23N3O3. The van der Waals surface area contributed by atoms with E-state index in [4.69, 9.17) is 4.74 Å². The molecule has 1 fully saturated rings. The van der Waals surface area contributed by atoms with Gasteiger partial charge in [0.2, 0.25) is 5.91 Å². The average Bonchev–Trinajstić information content (AvgIpc) is 3.35. The van der Waals surface area contributed by atoms with Crippen LogP contribution in [-0.4, -0.2) is 48.0 Å². The van der Waals surface area contributed by atoms with Crippen molar-refractivity contribution in [2.24, 2.45) is 0 Å². The Kier molecular flexibility index (Phi) is 3.98. The topological polar surface area (TPSA) is 63.6 Å². The number of aromatic nitrogens is 1. The van der Waals surface area contributed by atoms with Crippen LogP contribution in [0.1, 0.15) is 28.9 Å². The van der Waals surface area contributed by atoms with E-state index in [9.17, 15) is 9.59 Å². The number of fused-ring (bicyclic) bond motifs is 1. The molecule has 6 nitrogen and oxygen atoms in total. The molecule has 0 saturated heterocycles. The monoisotopic (exact) mass is 353 g/mol. The molecular weight excluding hydrogens is 330 g/mol. The first-order valence-corrected chi connectivity index (χ1v) is 8.90. The van der Waals surface area contributed by atoms with Gasteiger partial charge >= 0.3 is 0 Å². The number of carbonyl (C=O) groups is 2. The van der Waals surface area contributed by atoms with Gasteiger partial charge in [0.15, 0.2) is 0 Å². The van der Waals surface area contributed by atoms with Crippen LogP contribution in [0, 0.1) is 0 Å². The molecule has 136 valence electrons. The first kappa shape index (κ1) is 16.7. The standard InChI is InChI=1S/C20H23N3O3/c1-22-15(13-23-11-3-4-17(23)18(22)24)12-21-19(25)20(9-10-20)14-5-7-16(26-2)8-6-14/h3-8,11,15H,9-10,12-13H2,1-2H3,(H,21,25). The summed E-state index contributed by atoms with van der Waals surface area (Å²) in [6.45, 7) is 1.15. The molecule has 1 unspecified atom stereocenters. The maximum absolute atomic E-state index is 12.9. The maximum Gasteiger partial charge on any atom is 0.270 e. The van der Waals surface area contributed by atoms with E-state index < -0.39 is 5.41 Å². The third-order valence-electron chi connectivity index (χ3n) is 5.65. The summed E-state index contributed by atoms with van der Waals surface area (Å²) in [5.41, 5.74) is 1.30. The summed E-state index contributed by atoms with van der Waals surface area (Å²) in [4.78, 5) is 27.0. The first-order chi connectivity index (χ1) is 12.5. The summed E-state index contributed by atoms with van der Waals surface area (Å²) in [7, 11) is 3.43. The van der Waals surface area contributed by atoms with Gasteiger partial charge in [-0.05, 0) is 42.7 Å². The Hall–Kier alpha value is -2.76. The summed E-state index contributed by atoms with van der Waals surface area (Å²) >= 11 is 0. The highest BCUT2D eigenvalue weighted by atomic mass is 16.5. The molecule has 1 aliphatic carbocycles. The number of hydrogen-bond donors (Lipinski definition) is 1. The normalized spacial score (nSPS) is 20.5. The van der Waals surface area contributed by atoms with Gasteiger partial charge in [0.05, 0.1) is 18.6 Å². The van der Waals surface area contributed by atoms with Gasteiger partial charge in [0, 0.05) is 26.3 Å². The van der Waals surface area contributed by atoms with Crippen LogP contribution in [0.15, 0.2) is 42.6 Å². The summed E-state index contributed by atoms with van der Waals surface area (Å²) < 4.78 is 7.15. The second kappa shape index (κ2) is 6.20. The predicted molar refractivity (Wildman–Crippen MR) is 97.2 cm³/mol. The van der Waals surface area contributed by atoms with Crippen molar-refractivity contribution in [1.82, 2.24) is 14.8 Å². The summed E-state index contributed by atoms with van der Waals surface area (Å²) in [5, 5.41) is 3.08. The quantitative estimate of drug-likeness (QED) is 0.892. The Balaban J connectivity index is 1.43. The third-order valence-corrected chi connectivity index (χ3v) is 5.65. The minimum Gasteiger partial charge on any atom is -0.497 e. The Morgan fingerprint density at radius 3 is 2.65 bits per heavy atom. The second-order valence-corrected chi connectivity index (χ2v) is 7.14. The van der Waals surface area contributed by atoms with Gasteiger partial charge < -0.3 is 19.5 Å². The van der Waals surface area contributed by atoms with Gasteiger partial charge in [0.25, 0.3) is 5.91 Å². The zero-order chi connectivity index (χ0) is 18.3. The molecule has 1 atom stereocenters. The minimum atomic E-state index is -0.428. The van der Waals surface area contributed by atoms with E-state index in [0.29, 0.717) is 18.8 Å². The fraction of sp³-hybridized carbons (Fsp3) is 0.400. The SMILES string of the molecule is COc1ccc(C2(C(=O)NCC3Cn4cccc4C(=O)N3C)CC2)cc1. The number of likely N-dealkylation sites (N-methyl/N-ethyl adjacent to an activating group) is 1. The number of nitrogens with one attached hydrogen (secondary N) is 1. The van der Waals surface area contributed by atoms with Crippen LogP contribution >= 0.6 is 0 Å². The van der Waals surface area contributed by atoms with Crippen molar-refractivity contribution in [2.45, 2.75) is 30.8 Å². The molecule has 0 spiro atoms. The van der Waals surface area contributed by atoms with Gasteiger partial charge in [-0.25, -0.2) is 0 Å². The summed E-state index contributed by atoms with van der Waals surface area (Å²) in [6.07, 6.45) is 3.62. The molecule has 4 rings (SSSR count). The van der Waals surface area contributed by atoms with Crippen molar-refractivity contribution in [1.29, 1.82) is 0 Å². The predicted octanol–water partition coefficient (Wildman–Crippen LogP) is 1.80. The Bertz CT molecular complexity index is 836. The van der Waals surface area contributed by atoms with Crippen molar-refractivity contribution < 1.29 is 14.3 Å². The van der Waals surface area contributed by atoms with E-state index in [1.165, 1.54) is 0 Å². The zero-order valence-electron chi connectivity index (χ0n) is 15.1. The highest BCUT2D eigenvalue weighted by Crippen LogP contribution is 2.48. The Morgan fingerprint density at radius 2 is 2.00 bits per heavy atom. The van der Waals surface area contributed by atoms with Gasteiger partial charge in [-0.1, -0.05) is 12.1 Å². The molecule has 2 amide bonds. The fourth-order valence-corrected chi connectivity index (χ4v) is 3.73. The largest absolute Gasteiger partial charge is 0.497 e. The molecule has 1 N–H and O–H groups in total. The summed E-state index contributed by atoms with van der Waals surface area (Å²) in [5.74, 6) is 0.827. The zero-order valence-corrected chi connectivity index (χ0v) is 15.1. The van der Waals surface area contributed by atoms with Gasteiger partial charge in [0.1, 0.15) is 11.4 Å². The van der Waals surface area contributed by atoms with Crippen molar-refractivity contribution in [3.05, 3.63) is 53.9 Å². The molecule has 1 aromatic carbocycles. The van der Waals surface area contributed by atoms with Crippen LogP contribution in [0.4, 0.5) is 0 Å². The van der Waals surface area contributed by atoms with Gasteiger partial charge in [-0.3, -0.25) is 9.59 Å². The van der Waals surface area contributed by atoms with Crippen LogP contribution in [0.2, 0.25) is 0 Å². The van der Waals surface area contributed by atoms with E-state index in [-0.39, 0.29) is 17.9 Å². The van der Waals surface area contributed by atoms with Gasteiger partial charge in [-0.2, -0.15) is 0 Å². The lowest BCUT2D eigenvalue weighted by molar-refractivity contribution is -0.123. The van der Waals surface area contributed by atoms with E-state index in [2.05, 4.69) is 5.32 Å². The van der Waals surface area contributed by atoms with Crippen molar-refractivity contribution >= 4 is 11.8 Å². The molecule has 2 heterocycles. The first-order valence-electron chi connectivity index (χ1n) is 8.90. The Morgan fingerprint density at radius 1 is 1.27 bits per heavy atom. The van der Waals surface area contributed by atoms with Crippen LogP contribution < -0.4 is 10.1 Å². The van der Waals surface area contributed by atoms with E-state index in [0.717, 1.165) is 24.2 Å². The highest BCUT2D eigenvalue weighted by molar-refractivity contribution is 5.94. The number of methoxy groups -OCH3 is 1. The number of carbonyl (C=O) groups excluding carboxylic acids is 2. The van der Waals surface area contributed by atoms with E-state index in [1.54, 1.807) is 19.1 Å². The van der Waals surface area contributed by atoms with Crippen LogP contribution in [0.3, 0.4) is 0 Å². The van der Waals surface area contributed by atoms with E-state index in [1.807, 2.05) is 47.2 Å². The average molecular weight is 353 g/mol. The molecule has 0 radical (unpaired) electrons. The number of ether oxygens (including phenoxy) is 1. The lowest BCUT2D eigenvalue weighted by Gasteiger charge is -2.34. The van der Waals surface area contributed by atoms with Crippen LogP contribution in [-0.2, 0) is 16.8 Å². The van der Waals surface area contributed by atoms with Crippen molar-refractivity contribution in [3.8, 4) is 5.75 Å². The number of hydrogen-bond acceptors (Lipinski definition) is 3. The molecule has 0 bridgehead atoms. The molecule has 1 aliphatic heterocycles. The smallest absolute Gasteiger partial charge is 0.270 e. The molecule has 2 aromatic rings. The summed E-state index contributed by atoms with van der Waals surface area (Å²) in [6, 6.07) is 11.4. The number of benzene rings is 1. The fourth-order valence-electron chi connectivity index (χ4n) is 3.73. The molecule has 1 aromatic heterocycles. The Labute approximate surface area is 152 Å². The van der Waals surface area contributed by atoms with Crippen LogP contribution in [0.5, 0.6) is 5.75 Å². The van der Waals surface area contributed by atoms with E-state index >= 15 is 0 Å². The second-order valence-electron chi connectivity index (χ2n) is 7.14. The minimum absolute atomic E-state index is 0.00297. The van der Waals surface area contributed by atoms with Crippen molar-refractivity contribution in [3.63, 3.8) is 0 Å². The third kappa shape index (κ3) is 2.66. The van der Waals surface area contributed by atoms with Crippen LogP contribution in [0.25, 0.3) is 0 Å². The molecule has 6 heteroatoms. The highest BCUT2D eigenvalue weighted by Gasteiger charge is 2.51. The molecule has 2 aliphatic rings. The molecule has 1 saturated carbocycles. The molecule has 26 heavy (non-hydrogen) atoms. The number of rotatable bonds is 5. The lowest BCUT2D eigenvalue weighted by atomic mass is 9.94. The number of amides is 2. The number of nitrogens with zero attached hydrogens (tertiary/aromatic N) is 2. The van der Waals surface area contributed by atoms with Crippen molar-refractivity contribution in [2.75, 3.05) is 20.7 Å².